The van der Waals surface area contributed by atoms with Gasteiger partial charge in [-0.3, -0.25) is 14.9 Å². The number of nitrogens with one attached hydrogen (secondary N) is 1. The zero-order valence-electron chi connectivity index (χ0n) is 13.0. The van der Waals surface area contributed by atoms with Crippen LogP contribution in [-0.2, 0) is 0 Å². The summed E-state index contributed by atoms with van der Waals surface area (Å²) in [6.45, 7) is 3.73. The second-order valence-electron chi connectivity index (χ2n) is 4.58. The Morgan fingerprint density at radius 2 is 2.33 bits per heavy atom. The molecule has 10 heteroatoms. The summed E-state index contributed by atoms with van der Waals surface area (Å²) in [7, 11) is 0. The first-order valence-electron chi connectivity index (χ1n) is 6.90. The Hall–Kier alpha value is -3.01. The van der Waals surface area contributed by atoms with Gasteiger partial charge in [-0.05, 0) is 26.0 Å². The minimum absolute atomic E-state index is 0.168. The van der Waals surface area contributed by atoms with Gasteiger partial charge in [0, 0.05) is 11.6 Å². The van der Waals surface area contributed by atoms with Crippen molar-refractivity contribution in [1.29, 1.82) is 0 Å². The van der Waals surface area contributed by atoms with Crippen molar-refractivity contribution in [3.05, 3.63) is 44.4 Å². The maximum absolute atomic E-state index is 11.9. The first kappa shape index (κ1) is 17.3. The molecule has 1 aromatic carbocycles. The van der Waals surface area contributed by atoms with E-state index >= 15 is 0 Å². The molecule has 0 saturated carbocycles. The highest BCUT2D eigenvalue weighted by atomic mass is 32.1. The second kappa shape index (κ2) is 7.51. The number of rotatable bonds is 6. The van der Waals surface area contributed by atoms with Gasteiger partial charge < -0.3 is 10.5 Å². The minimum atomic E-state index is -0.537. The smallest absolute Gasteiger partial charge is 0.311 e. The number of amides is 1. The lowest BCUT2D eigenvalue weighted by Crippen LogP contribution is -2.17. The number of nitrogens with zero attached hydrogens (tertiary/aromatic N) is 3. The highest BCUT2D eigenvalue weighted by molar-refractivity contribution is 7.17. The minimum Gasteiger partial charge on any atom is -0.487 e. The standard InChI is InChI=1S/C14H15N5O4S/c1-3-23-11-5-4-9(6-10(11)19(21)22)7-16-18-13(20)12-8(2)17-14(15)24-12/h4-7H,3H2,1-2H3,(H2,15,17)(H,18,20)/b16-7-. The van der Waals surface area contributed by atoms with E-state index in [-0.39, 0.29) is 11.4 Å². The van der Waals surface area contributed by atoms with E-state index in [1.54, 1.807) is 19.9 Å². The number of hydrazone groups is 1. The lowest BCUT2D eigenvalue weighted by Gasteiger charge is -2.04. The maximum atomic E-state index is 11.9. The van der Waals surface area contributed by atoms with Gasteiger partial charge >= 0.3 is 5.69 Å². The predicted octanol–water partition coefficient (Wildman–Crippen LogP) is 2.10. The normalized spacial score (nSPS) is 10.8. The molecule has 0 unspecified atom stereocenters. The molecule has 0 aliphatic rings. The molecule has 2 aromatic rings. The van der Waals surface area contributed by atoms with Crippen LogP contribution in [0.25, 0.3) is 0 Å². The highest BCUT2D eigenvalue weighted by Gasteiger charge is 2.16. The van der Waals surface area contributed by atoms with Crippen molar-refractivity contribution in [3.63, 3.8) is 0 Å². The molecule has 1 amide bonds. The van der Waals surface area contributed by atoms with Crippen LogP contribution in [0.1, 0.15) is 27.9 Å². The molecule has 0 radical (unpaired) electrons. The Labute approximate surface area is 141 Å². The summed E-state index contributed by atoms with van der Waals surface area (Å²) >= 11 is 1.06. The van der Waals surface area contributed by atoms with Crippen LogP contribution in [0, 0.1) is 17.0 Å². The average molecular weight is 349 g/mol. The second-order valence-corrected chi connectivity index (χ2v) is 5.61. The van der Waals surface area contributed by atoms with Crippen molar-refractivity contribution in [2.45, 2.75) is 13.8 Å². The van der Waals surface area contributed by atoms with E-state index in [0.717, 1.165) is 11.3 Å². The molecule has 1 heterocycles. The Bertz CT molecular complexity index is 802. The molecule has 0 bridgehead atoms. The van der Waals surface area contributed by atoms with Gasteiger partial charge in [-0.15, -0.1) is 0 Å². The number of ether oxygens (including phenoxy) is 1. The Balaban J connectivity index is 2.11. The first-order chi connectivity index (χ1) is 11.4. The molecule has 0 fully saturated rings. The monoisotopic (exact) mass is 349 g/mol. The number of hydrogen-bond acceptors (Lipinski definition) is 8. The molecule has 126 valence electrons. The topological polar surface area (TPSA) is 133 Å². The van der Waals surface area contributed by atoms with Gasteiger partial charge in [0.15, 0.2) is 10.9 Å². The number of nitro benzene ring substituents is 1. The van der Waals surface area contributed by atoms with Crippen LogP contribution in [0.2, 0.25) is 0 Å². The SMILES string of the molecule is CCOc1ccc(/C=N\NC(=O)c2sc(N)nc2C)cc1[N+](=O)[O-]. The van der Waals surface area contributed by atoms with E-state index < -0.39 is 10.8 Å². The van der Waals surface area contributed by atoms with Gasteiger partial charge in [-0.25, -0.2) is 10.4 Å². The van der Waals surface area contributed by atoms with Crippen molar-refractivity contribution >= 4 is 34.3 Å². The molecule has 0 atom stereocenters. The summed E-state index contributed by atoms with van der Waals surface area (Å²) in [5, 5.41) is 15.1. The number of nitrogen functional groups attached to an aromatic ring is 1. The van der Waals surface area contributed by atoms with Crippen LogP contribution in [0.3, 0.4) is 0 Å². The number of aromatic nitrogens is 1. The van der Waals surface area contributed by atoms with Crippen molar-refractivity contribution < 1.29 is 14.5 Å². The molecular weight excluding hydrogens is 334 g/mol. The zero-order valence-corrected chi connectivity index (χ0v) is 13.8. The van der Waals surface area contributed by atoms with Crippen molar-refractivity contribution in [1.82, 2.24) is 10.4 Å². The van der Waals surface area contributed by atoms with Crippen LogP contribution in [0.15, 0.2) is 23.3 Å². The molecule has 0 aliphatic heterocycles. The number of anilines is 1. The van der Waals surface area contributed by atoms with Crippen LogP contribution in [0.5, 0.6) is 5.75 Å². The van der Waals surface area contributed by atoms with Crippen LogP contribution in [0.4, 0.5) is 10.8 Å². The largest absolute Gasteiger partial charge is 0.487 e. The highest BCUT2D eigenvalue weighted by Crippen LogP contribution is 2.27. The lowest BCUT2D eigenvalue weighted by atomic mass is 10.2. The van der Waals surface area contributed by atoms with Gasteiger partial charge in [-0.2, -0.15) is 5.10 Å². The molecule has 2 rings (SSSR count). The van der Waals surface area contributed by atoms with Crippen molar-refractivity contribution in [3.8, 4) is 5.75 Å². The Morgan fingerprint density at radius 3 is 2.92 bits per heavy atom. The number of aryl methyl sites for hydroxylation is 1. The van der Waals surface area contributed by atoms with E-state index in [4.69, 9.17) is 10.5 Å². The average Bonchev–Trinajstić information content (AvgIpc) is 2.87. The summed E-state index contributed by atoms with van der Waals surface area (Å²) in [6.07, 6.45) is 1.31. The van der Waals surface area contributed by atoms with Gasteiger partial charge in [0.25, 0.3) is 5.91 Å². The van der Waals surface area contributed by atoms with Gasteiger partial charge in [0.05, 0.1) is 23.4 Å². The van der Waals surface area contributed by atoms with E-state index in [0.29, 0.717) is 27.9 Å². The summed E-state index contributed by atoms with van der Waals surface area (Å²) in [5.74, 6) is -0.266. The summed E-state index contributed by atoms with van der Waals surface area (Å²) in [6, 6.07) is 4.40. The molecule has 24 heavy (non-hydrogen) atoms. The third kappa shape index (κ3) is 4.04. The van der Waals surface area contributed by atoms with E-state index in [1.165, 1.54) is 18.3 Å². The fraction of sp³-hybridized carbons (Fsp3) is 0.214. The third-order valence-electron chi connectivity index (χ3n) is 2.88. The molecule has 0 aliphatic carbocycles. The quantitative estimate of drug-likeness (QED) is 0.466. The molecular formula is C14H15N5O4S. The maximum Gasteiger partial charge on any atom is 0.311 e. The molecule has 0 saturated heterocycles. The van der Waals surface area contributed by atoms with E-state index in [1.807, 2.05) is 0 Å². The third-order valence-corrected chi connectivity index (χ3v) is 3.86. The summed E-state index contributed by atoms with van der Waals surface area (Å²) in [4.78, 5) is 26.8. The number of nitro groups is 1. The predicted molar refractivity (Wildman–Crippen MR) is 90.6 cm³/mol. The number of thiazole rings is 1. The fourth-order valence-electron chi connectivity index (χ4n) is 1.88. The molecule has 9 nitrogen and oxygen atoms in total. The van der Waals surface area contributed by atoms with Crippen molar-refractivity contribution in [2.24, 2.45) is 5.10 Å². The number of benzene rings is 1. The number of carbonyl (C=O) groups is 1. The summed E-state index contributed by atoms with van der Waals surface area (Å²) < 4.78 is 5.20. The van der Waals surface area contributed by atoms with Crippen LogP contribution < -0.4 is 15.9 Å². The number of nitrogens with two attached hydrogens (primary N) is 1. The lowest BCUT2D eigenvalue weighted by molar-refractivity contribution is -0.385. The van der Waals surface area contributed by atoms with E-state index in [2.05, 4.69) is 15.5 Å². The van der Waals surface area contributed by atoms with E-state index in [9.17, 15) is 14.9 Å². The Kier molecular flexibility index (Phi) is 5.42. The zero-order chi connectivity index (χ0) is 17.7. The number of hydrogen-bond donors (Lipinski definition) is 2. The molecule has 3 N–H and O–H groups in total. The first-order valence-corrected chi connectivity index (χ1v) is 7.71. The summed E-state index contributed by atoms with van der Waals surface area (Å²) in [5.41, 5.74) is 8.67. The van der Waals surface area contributed by atoms with Gasteiger partial charge in [-0.1, -0.05) is 11.3 Å². The van der Waals surface area contributed by atoms with Gasteiger partial charge in [0.1, 0.15) is 4.88 Å². The van der Waals surface area contributed by atoms with Crippen LogP contribution >= 0.6 is 11.3 Å². The Morgan fingerprint density at radius 1 is 1.58 bits per heavy atom. The molecule has 0 spiro atoms. The van der Waals surface area contributed by atoms with Gasteiger partial charge in [0.2, 0.25) is 0 Å². The van der Waals surface area contributed by atoms with Crippen molar-refractivity contribution in [2.75, 3.05) is 12.3 Å². The molecule has 1 aromatic heterocycles. The van der Waals surface area contributed by atoms with Crippen LogP contribution in [-0.4, -0.2) is 28.6 Å². The fourth-order valence-corrected chi connectivity index (χ4v) is 2.60. The number of carbonyl (C=O) groups excluding carboxylic acids is 1.